The number of ether oxygens (including phenoxy) is 2. The van der Waals surface area contributed by atoms with E-state index in [0.29, 0.717) is 23.6 Å². The van der Waals surface area contributed by atoms with Gasteiger partial charge >= 0.3 is 0 Å². The molecule has 1 aromatic carbocycles. The largest absolute Gasteiger partial charge is 0.493 e. The van der Waals surface area contributed by atoms with Crippen molar-refractivity contribution in [3.05, 3.63) is 36.4 Å². The normalized spacial score (nSPS) is 24.0. The fourth-order valence-electron chi connectivity index (χ4n) is 3.47. The van der Waals surface area contributed by atoms with E-state index < -0.39 is 0 Å². The van der Waals surface area contributed by atoms with Crippen LogP contribution in [0.2, 0.25) is 0 Å². The second-order valence-corrected chi connectivity index (χ2v) is 5.78. The number of carbonyl (C=O) groups excluding carboxylic acids is 1. The van der Waals surface area contributed by atoms with Gasteiger partial charge in [-0.25, -0.2) is 0 Å². The van der Waals surface area contributed by atoms with Crippen molar-refractivity contribution in [3.8, 4) is 11.5 Å². The average molecular weight is 287 g/mol. The van der Waals surface area contributed by atoms with E-state index in [9.17, 15) is 4.79 Å². The number of rotatable bonds is 4. The summed E-state index contributed by atoms with van der Waals surface area (Å²) in [4.78, 5) is 14.5. The van der Waals surface area contributed by atoms with E-state index >= 15 is 0 Å². The molecule has 4 nitrogen and oxygen atoms in total. The highest BCUT2D eigenvalue weighted by atomic mass is 16.5. The summed E-state index contributed by atoms with van der Waals surface area (Å²) in [5.41, 5.74) is 1.28. The number of carbonyl (C=O) groups is 1. The fraction of sp³-hybridized carbons (Fsp3) is 0.471. The number of methoxy groups -OCH3 is 1. The molecule has 2 aliphatic heterocycles. The Labute approximate surface area is 125 Å². The molecule has 3 rings (SSSR count). The summed E-state index contributed by atoms with van der Waals surface area (Å²) in [6.07, 6.45) is 4.06. The highest BCUT2D eigenvalue weighted by molar-refractivity contribution is 5.79. The summed E-state index contributed by atoms with van der Waals surface area (Å²) in [5, 5.41) is 0. The zero-order chi connectivity index (χ0) is 14.8. The maximum Gasteiger partial charge on any atom is 0.261 e. The molecule has 2 unspecified atom stereocenters. The Morgan fingerprint density at radius 3 is 2.48 bits per heavy atom. The molecule has 4 heteroatoms. The Morgan fingerprint density at radius 1 is 1.24 bits per heavy atom. The maximum atomic E-state index is 12.5. The lowest BCUT2D eigenvalue weighted by Gasteiger charge is -2.35. The number of amides is 1. The fourth-order valence-corrected chi connectivity index (χ4v) is 3.47. The smallest absolute Gasteiger partial charge is 0.261 e. The zero-order valence-corrected chi connectivity index (χ0v) is 12.4. The van der Waals surface area contributed by atoms with Crippen LogP contribution >= 0.6 is 0 Å². The molecule has 2 saturated heterocycles. The van der Waals surface area contributed by atoms with Crippen LogP contribution in [0.15, 0.2) is 36.4 Å². The van der Waals surface area contributed by atoms with Crippen molar-refractivity contribution < 1.29 is 14.3 Å². The molecule has 0 aromatic heterocycles. The SMILES string of the molecule is C=C1CC2CCC(C1)N2C(=O)COc1ccccc1OC. The second kappa shape index (κ2) is 5.80. The number of hydrogen-bond donors (Lipinski definition) is 0. The third-order valence-corrected chi connectivity index (χ3v) is 4.38. The molecule has 1 aromatic rings. The minimum Gasteiger partial charge on any atom is -0.493 e. The van der Waals surface area contributed by atoms with Crippen molar-refractivity contribution in [1.29, 1.82) is 0 Å². The van der Waals surface area contributed by atoms with E-state index in [1.165, 1.54) is 5.57 Å². The molecule has 0 aliphatic carbocycles. The van der Waals surface area contributed by atoms with Crippen molar-refractivity contribution in [2.75, 3.05) is 13.7 Å². The van der Waals surface area contributed by atoms with Crippen LogP contribution in [0, 0.1) is 0 Å². The quantitative estimate of drug-likeness (QED) is 0.799. The first-order valence-corrected chi connectivity index (χ1v) is 7.42. The monoisotopic (exact) mass is 287 g/mol. The lowest BCUT2D eigenvalue weighted by Crippen LogP contribution is -2.46. The van der Waals surface area contributed by atoms with Gasteiger partial charge in [-0.1, -0.05) is 24.3 Å². The van der Waals surface area contributed by atoms with E-state index in [1.54, 1.807) is 7.11 Å². The lowest BCUT2D eigenvalue weighted by atomic mass is 9.98. The molecule has 1 amide bonds. The summed E-state index contributed by atoms with van der Waals surface area (Å²) < 4.78 is 10.9. The predicted molar refractivity (Wildman–Crippen MR) is 80.5 cm³/mol. The molecule has 0 spiro atoms. The summed E-state index contributed by atoms with van der Waals surface area (Å²) in [5.74, 6) is 1.34. The summed E-state index contributed by atoms with van der Waals surface area (Å²) in [7, 11) is 1.60. The van der Waals surface area contributed by atoms with Gasteiger partial charge in [-0.05, 0) is 37.8 Å². The standard InChI is InChI=1S/C17H21NO3/c1-12-9-13-7-8-14(10-12)18(13)17(19)11-21-16-6-4-3-5-15(16)20-2/h3-6,13-14H,1,7-11H2,2H3. The summed E-state index contributed by atoms with van der Waals surface area (Å²) in [6, 6.07) is 8.05. The van der Waals surface area contributed by atoms with Gasteiger partial charge < -0.3 is 14.4 Å². The van der Waals surface area contributed by atoms with Crippen LogP contribution in [0.1, 0.15) is 25.7 Å². The third kappa shape index (κ3) is 2.75. The third-order valence-electron chi connectivity index (χ3n) is 4.38. The number of hydrogen-bond acceptors (Lipinski definition) is 3. The van der Waals surface area contributed by atoms with Gasteiger partial charge in [0.25, 0.3) is 5.91 Å². The van der Waals surface area contributed by atoms with Gasteiger partial charge in [0.05, 0.1) is 7.11 Å². The van der Waals surface area contributed by atoms with Crippen LogP contribution in [0.5, 0.6) is 11.5 Å². The summed E-state index contributed by atoms with van der Waals surface area (Å²) >= 11 is 0. The molecule has 0 saturated carbocycles. The van der Waals surface area contributed by atoms with Gasteiger partial charge in [0.15, 0.2) is 18.1 Å². The number of benzene rings is 1. The molecule has 2 aliphatic rings. The molecule has 21 heavy (non-hydrogen) atoms. The van der Waals surface area contributed by atoms with E-state index in [2.05, 4.69) is 6.58 Å². The Bertz CT molecular complexity index is 539. The van der Waals surface area contributed by atoms with Crippen molar-refractivity contribution in [2.24, 2.45) is 0 Å². The van der Waals surface area contributed by atoms with Crippen LogP contribution < -0.4 is 9.47 Å². The van der Waals surface area contributed by atoms with Crippen molar-refractivity contribution >= 4 is 5.91 Å². The number of nitrogens with zero attached hydrogens (tertiary/aromatic N) is 1. The minimum atomic E-state index is 0.0693. The van der Waals surface area contributed by atoms with Crippen molar-refractivity contribution in [3.63, 3.8) is 0 Å². The molecule has 2 atom stereocenters. The maximum absolute atomic E-state index is 12.5. The van der Waals surface area contributed by atoms with Gasteiger partial charge in [0, 0.05) is 12.1 Å². The van der Waals surface area contributed by atoms with Gasteiger partial charge in [-0.3, -0.25) is 4.79 Å². The molecule has 2 fully saturated rings. The average Bonchev–Trinajstić information content (AvgIpc) is 2.77. The summed E-state index contributed by atoms with van der Waals surface area (Å²) in [6.45, 7) is 4.15. The first-order chi connectivity index (χ1) is 10.2. The Morgan fingerprint density at radius 2 is 1.86 bits per heavy atom. The van der Waals surface area contributed by atoms with E-state index in [-0.39, 0.29) is 12.5 Å². The van der Waals surface area contributed by atoms with Gasteiger partial charge in [-0.15, -0.1) is 0 Å². The van der Waals surface area contributed by atoms with Crippen LogP contribution in [0.3, 0.4) is 0 Å². The minimum absolute atomic E-state index is 0.0693. The van der Waals surface area contributed by atoms with Crippen LogP contribution in [-0.4, -0.2) is 36.6 Å². The molecule has 2 heterocycles. The van der Waals surface area contributed by atoms with E-state index in [4.69, 9.17) is 9.47 Å². The Balaban J connectivity index is 1.63. The molecular weight excluding hydrogens is 266 g/mol. The molecule has 2 bridgehead atoms. The highest BCUT2D eigenvalue weighted by Crippen LogP contribution is 2.37. The Hall–Kier alpha value is -1.97. The molecule has 0 N–H and O–H groups in total. The van der Waals surface area contributed by atoms with Crippen LogP contribution in [0.25, 0.3) is 0 Å². The van der Waals surface area contributed by atoms with Gasteiger partial charge in [0.2, 0.25) is 0 Å². The number of fused-ring (bicyclic) bond motifs is 2. The topological polar surface area (TPSA) is 38.8 Å². The van der Waals surface area contributed by atoms with Crippen LogP contribution in [0.4, 0.5) is 0 Å². The zero-order valence-electron chi connectivity index (χ0n) is 12.4. The Kier molecular flexibility index (Phi) is 3.86. The molecular formula is C17H21NO3. The van der Waals surface area contributed by atoms with Crippen LogP contribution in [-0.2, 0) is 4.79 Å². The molecule has 0 radical (unpaired) electrons. The number of piperidine rings is 1. The second-order valence-electron chi connectivity index (χ2n) is 5.78. The van der Waals surface area contributed by atoms with E-state index in [1.807, 2.05) is 29.2 Å². The lowest BCUT2D eigenvalue weighted by molar-refractivity contribution is -0.137. The van der Waals surface area contributed by atoms with Gasteiger partial charge in [0.1, 0.15) is 0 Å². The molecule has 112 valence electrons. The van der Waals surface area contributed by atoms with Gasteiger partial charge in [-0.2, -0.15) is 0 Å². The van der Waals surface area contributed by atoms with E-state index in [0.717, 1.165) is 25.7 Å². The first-order valence-electron chi connectivity index (χ1n) is 7.42. The van der Waals surface area contributed by atoms with Crippen molar-refractivity contribution in [2.45, 2.75) is 37.8 Å². The van der Waals surface area contributed by atoms with Crippen molar-refractivity contribution in [1.82, 2.24) is 4.90 Å². The first kappa shape index (κ1) is 14.0. The predicted octanol–water partition coefficient (Wildman–Crippen LogP) is 2.78. The highest BCUT2D eigenvalue weighted by Gasteiger charge is 2.40. The number of para-hydroxylation sites is 2.